The van der Waals surface area contributed by atoms with Crippen LogP contribution in [0.15, 0.2) is 18.2 Å². The summed E-state index contributed by atoms with van der Waals surface area (Å²) in [6.45, 7) is 3.92. The van der Waals surface area contributed by atoms with Crippen molar-refractivity contribution in [2.75, 3.05) is 11.1 Å². The second-order valence-electron chi connectivity index (χ2n) is 4.34. The number of nitrogens with one attached hydrogen (secondary N) is 1. The van der Waals surface area contributed by atoms with Crippen molar-refractivity contribution < 1.29 is 4.79 Å². The number of anilines is 2. The summed E-state index contributed by atoms with van der Waals surface area (Å²) in [5, 5.41) is 7.11. The highest BCUT2D eigenvalue weighted by Crippen LogP contribution is 2.26. The summed E-state index contributed by atoms with van der Waals surface area (Å²) in [5.74, 6) is -0.119. The summed E-state index contributed by atoms with van der Waals surface area (Å²) in [5.41, 5.74) is 7.35. The number of nitrogens with two attached hydrogens (primary N) is 1. The van der Waals surface area contributed by atoms with E-state index < -0.39 is 0 Å². The highest BCUT2D eigenvalue weighted by atomic mass is 35.5. The standard InChI is InChI=1S/C12H13ClN4OS/c1-6(2)10-11(19-17-16-10)12(18)15-9-4-3-7(14)5-8(9)13/h3-6H,14H2,1-2H3,(H,15,18). The highest BCUT2D eigenvalue weighted by molar-refractivity contribution is 7.08. The molecule has 0 saturated carbocycles. The lowest BCUT2D eigenvalue weighted by Crippen LogP contribution is -2.13. The summed E-state index contributed by atoms with van der Waals surface area (Å²) < 4.78 is 3.82. The molecule has 5 nitrogen and oxygen atoms in total. The number of carbonyl (C=O) groups excluding carboxylic acids is 1. The van der Waals surface area contributed by atoms with Gasteiger partial charge in [0.25, 0.3) is 5.91 Å². The van der Waals surface area contributed by atoms with Gasteiger partial charge >= 0.3 is 0 Å². The second-order valence-corrected chi connectivity index (χ2v) is 5.50. The molecule has 0 spiro atoms. The van der Waals surface area contributed by atoms with Gasteiger partial charge < -0.3 is 11.1 Å². The third-order valence-corrected chi connectivity index (χ3v) is 3.56. The SMILES string of the molecule is CC(C)c1nnsc1C(=O)Nc1ccc(N)cc1Cl. The Morgan fingerprint density at radius 1 is 1.47 bits per heavy atom. The van der Waals surface area contributed by atoms with E-state index in [1.54, 1.807) is 18.2 Å². The Morgan fingerprint density at radius 3 is 2.84 bits per heavy atom. The monoisotopic (exact) mass is 296 g/mol. The van der Waals surface area contributed by atoms with Gasteiger partial charge in [0.15, 0.2) is 0 Å². The van der Waals surface area contributed by atoms with Crippen molar-refractivity contribution in [3.05, 3.63) is 33.8 Å². The van der Waals surface area contributed by atoms with E-state index in [4.69, 9.17) is 17.3 Å². The van der Waals surface area contributed by atoms with Crippen LogP contribution in [0.1, 0.15) is 35.1 Å². The number of carbonyl (C=O) groups is 1. The van der Waals surface area contributed by atoms with Gasteiger partial charge in [0, 0.05) is 5.69 Å². The highest BCUT2D eigenvalue weighted by Gasteiger charge is 2.19. The molecule has 19 heavy (non-hydrogen) atoms. The number of hydrogen-bond acceptors (Lipinski definition) is 5. The largest absolute Gasteiger partial charge is 0.399 e. The minimum atomic E-state index is -0.259. The molecule has 0 saturated heterocycles. The third-order valence-electron chi connectivity index (χ3n) is 2.51. The molecule has 1 amide bonds. The number of hydrogen-bond donors (Lipinski definition) is 2. The van der Waals surface area contributed by atoms with Crippen molar-refractivity contribution >= 4 is 40.4 Å². The number of halogens is 1. The Morgan fingerprint density at radius 2 is 2.21 bits per heavy atom. The molecule has 0 aliphatic rings. The molecule has 0 unspecified atom stereocenters. The topological polar surface area (TPSA) is 80.9 Å². The summed E-state index contributed by atoms with van der Waals surface area (Å²) in [6.07, 6.45) is 0. The van der Waals surface area contributed by atoms with E-state index in [0.717, 1.165) is 11.5 Å². The second kappa shape index (κ2) is 5.54. The van der Waals surface area contributed by atoms with E-state index in [1.165, 1.54) is 0 Å². The van der Waals surface area contributed by atoms with Crippen LogP contribution in [0.3, 0.4) is 0 Å². The number of nitrogen functional groups attached to an aromatic ring is 1. The van der Waals surface area contributed by atoms with Gasteiger partial charge in [-0.3, -0.25) is 4.79 Å². The Hall–Kier alpha value is -1.66. The van der Waals surface area contributed by atoms with E-state index in [1.807, 2.05) is 13.8 Å². The van der Waals surface area contributed by atoms with Crippen LogP contribution in [-0.2, 0) is 0 Å². The minimum absolute atomic E-state index is 0.140. The fourth-order valence-electron chi connectivity index (χ4n) is 1.54. The number of benzene rings is 1. The van der Waals surface area contributed by atoms with Gasteiger partial charge in [0.05, 0.1) is 16.4 Å². The van der Waals surface area contributed by atoms with Crippen LogP contribution >= 0.6 is 23.1 Å². The Kier molecular flexibility index (Phi) is 4.01. The molecule has 1 aromatic carbocycles. The minimum Gasteiger partial charge on any atom is -0.399 e. The van der Waals surface area contributed by atoms with Gasteiger partial charge in [-0.25, -0.2) is 0 Å². The van der Waals surface area contributed by atoms with Gasteiger partial charge in [-0.05, 0) is 35.6 Å². The number of aromatic nitrogens is 2. The fourth-order valence-corrected chi connectivity index (χ4v) is 2.50. The molecule has 0 atom stereocenters. The average molecular weight is 297 g/mol. The lowest BCUT2D eigenvalue weighted by atomic mass is 10.1. The first-order valence-electron chi connectivity index (χ1n) is 5.67. The molecule has 2 rings (SSSR count). The molecule has 2 aromatic rings. The molecule has 3 N–H and O–H groups in total. The third kappa shape index (κ3) is 3.02. The smallest absolute Gasteiger partial charge is 0.269 e. The zero-order valence-electron chi connectivity index (χ0n) is 10.5. The molecular weight excluding hydrogens is 284 g/mol. The van der Waals surface area contributed by atoms with Crippen LogP contribution in [0.4, 0.5) is 11.4 Å². The van der Waals surface area contributed by atoms with Gasteiger partial charge in [-0.2, -0.15) is 0 Å². The van der Waals surface area contributed by atoms with Crippen molar-refractivity contribution in [3.63, 3.8) is 0 Å². The Labute approximate surface area is 119 Å². The lowest BCUT2D eigenvalue weighted by Gasteiger charge is -2.08. The van der Waals surface area contributed by atoms with Crippen LogP contribution in [0.25, 0.3) is 0 Å². The van der Waals surface area contributed by atoms with Crippen molar-refractivity contribution in [2.24, 2.45) is 0 Å². The Balaban J connectivity index is 2.23. The number of amides is 1. The first kappa shape index (κ1) is 13.8. The summed E-state index contributed by atoms with van der Waals surface area (Å²) in [7, 11) is 0. The van der Waals surface area contributed by atoms with E-state index in [0.29, 0.717) is 27.0 Å². The molecule has 100 valence electrons. The van der Waals surface area contributed by atoms with Crippen molar-refractivity contribution in [3.8, 4) is 0 Å². The quantitative estimate of drug-likeness (QED) is 0.853. The van der Waals surface area contributed by atoms with Crippen molar-refractivity contribution in [1.29, 1.82) is 0 Å². The maximum Gasteiger partial charge on any atom is 0.269 e. The van der Waals surface area contributed by atoms with Crippen LogP contribution in [0.2, 0.25) is 5.02 Å². The molecule has 0 aliphatic carbocycles. The van der Waals surface area contributed by atoms with E-state index in [-0.39, 0.29) is 11.8 Å². The van der Waals surface area contributed by atoms with Gasteiger partial charge in [-0.15, -0.1) is 5.10 Å². The van der Waals surface area contributed by atoms with Crippen molar-refractivity contribution in [2.45, 2.75) is 19.8 Å². The maximum atomic E-state index is 12.2. The first-order valence-corrected chi connectivity index (χ1v) is 6.82. The molecule has 0 radical (unpaired) electrons. The maximum absolute atomic E-state index is 12.2. The van der Waals surface area contributed by atoms with E-state index >= 15 is 0 Å². The molecule has 1 aromatic heterocycles. The van der Waals surface area contributed by atoms with E-state index in [9.17, 15) is 4.79 Å². The van der Waals surface area contributed by atoms with Gasteiger partial charge in [0.2, 0.25) is 0 Å². The normalized spacial score (nSPS) is 10.7. The first-order chi connectivity index (χ1) is 8.99. The van der Waals surface area contributed by atoms with Crippen LogP contribution < -0.4 is 11.1 Å². The molecule has 0 aliphatic heterocycles. The molecule has 1 heterocycles. The fraction of sp³-hybridized carbons (Fsp3) is 0.250. The number of nitrogens with zero attached hydrogens (tertiary/aromatic N) is 2. The summed E-state index contributed by atoms with van der Waals surface area (Å²) in [6, 6.07) is 4.93. The predicted octanol–water partition coefficient (Wildman–Crippen LogP) is 3.15. The van der Waals surface area contributed by atoms with E-state index in [2.05, 4.69) is 14.9 Å². The summed E-state index contributed by atoms with van der Waals surface area (Å²) >= 11 is 7.09. The van der Waals surface area contributed by atoms with Gasteiger partial charge in [-0.1, -0.05) is 29.9 Å². The molecular formula is C12H13ClN4OS. The number of rotatable bonds is 3. The lowest BCUT2D eigenvalue weighted by molar-refractivity contribution is 0.102. The van der Waals surface area contributed by atoms with Crippen LogP contribution in [0.5, 0.6) is 0 Å². The van der Waals surface area contributed by atoms with Gasteiger partial charge in [0.1, 0.15) is 4.88 Å². The predicted molar refractivity (Wildman–Crippen MR) is 77.8 cm³/mol. The molecule has 0 fully saturated rings. The Bertz CT molecular complexity index is 612. The molecule has 0 bridgehead atoms. The van der Waals surface area contributed by atoms with Crippen LogP contribution in [-0.4, -0.2) is 15.5 Å². The average Bonchev–Trinajstić information content (AvgIpc) is 2.82. The van der Waals surface area contributed by atoms with Crippen LogP contribution in [0, 0.1) is 0 Å². The molecule has 7 heteroatoms. The zero-order valence-corrected chi connectivity index (χ0v) is 12.0. The zero-order chi connectivity index (χ0) is 14.0. The van der Waals surface area contributed by atoms with Crippen molar-refractivity contribution in [1.82, 2.24) is 9.59 Å². The summed E-state index contributed by atoms with van der Waals surface area (Å²) in [4.78, 5) is 12.7.